The summed E-state index contributed by atoms with van der Waals surface area (Å²) in [5.74, 6) is 0.140. The Labute approximate surface area is 157 Å². The van der Waals surface area contributed by atoms with Crippen molar-refractivity contribution >= 4 is 16.9 Å². The summed E-state index contributed by atoms with van der Waals surface area (Å²) in [4.78, 5) is 21.7. The second-order valence-corrected chi connectivity index (χ2v) is 7.16. The zero-order valence-electron chi connectivity index (χ0n) is 15.8. The first-order chi connectivity index (χ1) is 13.0. The third-order valence-electron chi connectivity index (χ3n) is 5.10. The normalized spacial score (nSPS) is 19.5. The van der Waals surface area contributed by atoms with Crippen LogP contribution in [-0.4, -0.2) is 44.9 Å². The van der Waals surface area contributed by atoms with E-state index in [0.717, 1.165) is 28.8 Å². The van der Waals surface area contributed by atoms with Crippen LogP contribution in [0.4, 0.5) is 0 Å². The minimum atomic E-state index is -0.100. The van der Waals surface area contributed by atoms with Crippen LogP contribution in [0.2, 0.25) is 0 Å². The van der Waals surface area contributed by atoms with Crippen molar-refractivity contribution in [3.63, 3.8) is 0 Å². The van der Waals surface area contributed by atoms with Gasteiger partial charge in [0.1, 0.15) is 0 Å². The van der Waals surface area contributed by atoms with Crippen LogP contribution < -0.4 is 5.32 Å². The first kappa shape index (κ1) is 17.6. The molecule has 1 saturated heterocycles. The Kier molecular flexibility index (Phi) is 4.61. The van der Waals surface area contributed by atoms with Crippen molar-refractivity contribution in [3.8, 4) is 0 Å². The molecule has 0 unspecified atom stereocenters. The molecule has 1 amide bonds. The second kappa shape index (κ2) is 7.08. The molecule has 4 heterocycles. The number of ether oxygens (including phenoxy) is 1. The first-order valence-corrected chi connectivity index (χ1v) is 9.11. The Morgan fingerprint density at radius 2 is 2.07 bits per heavy atom. The Morgan fingerprint density at radius 1 is 1.30 bits per heavy atom. The van der Waals surface area contributed by atoms with Gasteiger partial charge in [-0.05, 0) is 44.0 Å². The highest BCUT2D eigenvalue weighted by atomic mass is 16.5. The molecule has 3 aromatic rings. The summed E-state index contributed by atoms with van der Waals surface area (Å²) in [6, 6.07) is 5.82. The number of hydrogen-bond donors (Lipinski definition) is 1. The van der Waals surface area contributed by atoms with Crippen LogP contribution >= 0.6 is 0 Å². The van der Waals surface area contributed by atoms with Gasteiger partial charge in [0, 0.05) is 31.1 Å². The van der Waals surface area contributed by atoms with E-state index in [2.05, 4.69) is 20.4 Å². The number of nitrogens with one attached hydrogen (secondary N) is 1. The van der Waals surface area contributed by atoms with Crippen LogP contribution in [0.15, 0.2) is 30.6 Å². The Morgan fingerprint density at radius 3 is 2.85 bits per heavy atom. The van der Waals surface area contributed by atoms with Crippen LogP contribution in [0, 0.1) is 19.8 Å². The summed E-state index contributed by atoms with van der Waals surface area (Å²) in [5.41, 5.74) is 4.16. The van der Waals surface area contributed by atoms with Gasteiger partial charge in [-0.25, -0.2) is 4.98 Å². The largest absolute Gasteiger partial charge is 0.379 e. The number of carbonyl (C=O) groups excluding carboxylic acids is 1. The molecular weight excluding hydrogens is 342 g/mol. The average molecular weight is 365 g/mol. The first-order valence-electron chi connectivity index (χ1n) is 9.11. The number of fused-ring (bicyclic) bond motifs is 1. The predicted octanol–water partition coefficient (Wildman–Crippen LogP) is 1.97. The number of amides is 1. The van der Waals surface area contributed by atoms with E-state index in [-0.39, 0.29) is 17.9 Å². The van der Waals surface area contributed by atoms with Crippen molar-refractivity contribution in [3.05, 3.63) is 53.1 Å². The second-order valence-electron chi connectivity index (χ2n) is 7.16. The topological polar surface area (TPSA) is 81.9 Å². The summed E-state index contributed by atoms with van der Waals surface area (Å²) < 4.78 is 7.38. The van der Waals surface area contributed by atoms with E-state index >= 15 is 0 Å². The monoisotopic (exact) mass is 365 g/mol. The van der Waals surface area contributed by atoms with E-state index in [9.17, 15) is 4.79 Å². The molecule has 0 spiro atoms. The zero-order valence-corrected chi connectivity index (χ0v) is 15.8. The van der Waals surface area contributed by atoms with Gasteiger partial charge in [-0.2, -0.15) is 5.10 Å². The Hall–Kier alpha value is -2.80. The van der Waals surface area contributed by atoms with Gasteiger partial charge in [0.25, 0.3) is 5.91 Å². The molecule has 0 aromatic carbocycles. The lowest BCUT2D eigenvalue weighted by Gasteiger charge is -2.19. The lowest BCUT2D eigenvalue weighted by Crippen LogP contribution is -2.40. The molecule has 2 atom stereocenters. The Bertz CT molecular complexity index is 983. The lowest BCUT2D eigenvalue weighted by molar-refractivity contribution is 0.0926. The fraction of sp³-hybridized carbons (Fsp3) is 0.400. The van der Waals surface area contributed by atoms with Crippen LogP contribution in [0.1, 0.15) is 27.3 Å². The molecule has 0 aliphatic carbocycles. The van der Waals surface area contributed by atoms with Crippen LogP contribution in [0.25, 0.3) is 11.0 Å². The number of aryl methyl sites for hydroxylation is 3. The third kappa shape index (κ3) is 3.42. The van der Waals surface area contributed by atoms with Crippen molar-refractivity contribution in [2.75, 3.05) is 13.2 Å². The molecule has 0 radical (unpaired) electrons. The van der Waals surface area contributed by atoms with Crippen molar-refractivity contribution in [2.24, 2.45) is 13.0 Å². The van der Waals surface area contributed by atoms with E-state index < -0.39 is 0 Å². The van der Waals surface area contributed by atoms with E-state index in [0.29, 0.717) is 18.8 Å². The SMILES string of the molecule is Cc1cc(C(=O)N[C@H]2COC[C@H]2Cc2ccncc2)c2c(C)nn(C)c2n1. The maximum atomic E-state index is 13.1. The molecule has 0 saturated carbocycles. The summed E-state index contributed by atoms with van der Waals surface area (Å²) in [5, 5.41) is 8.41. The molecule has 3 aromatic heterocycles. The summed E-state index contributed by atoms with van der Waals surface area (Å²) >= 11 is 0. The molecule has 1 N–H and O–H groups in total. The van der Waals surface area contributed by atoms with Crippen molar-refractivity contribution in [1.82, 2.24) is 25.1 Å². The standard InChI is InChI=1S/C20H23N5O2/c1-12-8-16(18-13(2)24-25(3)19(18)22-12)20(26)23-17-11-27-10-15(17)9-14-4-6-21-7-5-14/h4-8,15,17H,9-11H2,1-3H3,(H,23,26)/t15-,17+/m1/s1. The molecule has 140 valence electrons. The minimum absolute atomic E-state index is 0.0221. The summed E-state index contributed by atoms with van der Waals surface area (Å²) in [6.07, 6.45) is 4.44. The van der Waals surface area contributed by atoms with Crippen LogP contribution in [-0.2, 0) is 18.2 Å². The van der Waals surface area contributed by atoms with E-state index in [1.807, 2.05) is 39.1 Å². The van der Waals surface area contributed by atoms with Gasteiger partial charge in [-0.1, -0.05) is 0 Å². The van der Waals surface area contributed by atoms with Gasteiger partial charge in [0.2, 0.25) is 0 Å². The van der Waals surface area contributed by atoms with E-state index in [4.69, 9.17) is 4.74 Å². The third-order valence-corrected chi connectivity index (χ3v) is 5.10. The van der Waals surface area contributed by atoms with Gasteiger partial charge in [-0.3, -0.25) is 14.5 Å². The number of rotatable bonds is 4. The highest BCUT2D eigenvalue weighted by molar-refractivity contribution is 6.06. The number of carbonyl (C=O) groups is 1. The maximum Gasteiger partial charge on any atom is 0.252 e. The summed E-state index contributed by atoms with van der Waals surface area (Å²) in [6.45, 7) is 4.97. The molecule has 7 heteroatoms. The zero-order chi connectivity index (χ0) is 19.0. The molecule has 1 aliphatic rings. The van der Waals surface area contributed by atoms with Gasteiger partial charge >= 0.3 is 0 Å². The fourth-order valence-corrected chi connectivity index (χ4v) is 3.78. The number of nitrogens with zero attached hydrogens (tertiary/aromatic N) is 4. The average Bonchev–Trinajstić information content (AvgIpc) is 3.19. The van der Waals surface area contributed by atoms with Gasteiger partial charge < -0.3 is 10.1 Å². The molecular formula is C20H23N5O2. The lowest BCUT2D eigenvalue weighted by atomic mass is 9.95. The smallest absolute Gasteiger partial charge is 0.252 e. The van der Waals surface area contributed by atoms with Gasteiger partial charge in [0.05, 0.1) is 35.9 Å². The molecule has 1 aliphatic heterocycles. The molecule has 4 rings (SSSR count). The quantitative estimate of drug-likeness (QED) is 0.764. The Balaban J connectivity index is 1.58. The summed E-state index contributed by atoms with van der Waals surface area (Å²) in [7, 11) is 1.85. The molecule has 27 heavy (non-hydrogen) atoms. The highest BCUT2D eigenvalue weighted by Crippen LogP contribution is 2.23. The molecule has 1 fully saturated rings. The fourth-order valence-electron chi connectivity index (χ4n) is 3.78. The predicted molar refractivity (Wildman–Crippen MR) is 101 cm³/mol. The maximum absolute atomic E-state index is 13.1. The van der Waals surface area contributed by atoms with Gasteiger partial charge in [0.15, 0.2) is 5.65 Å². The number of hydrogen-bond acceptors (Lipinski definition) is 5. The van der Waals surface area contributed by atoms with Crippen LogP contribution in [0.3, 0.4) is 0 Å². The van der Waals surface area contributed by atoms with Crippen molar-refractivity contribution in [2.45, 2.75) is 26.3 Å². The minimum Gasteiger partial charge on any atom is -0.379 e. The van der Waals surface area contributed by atoms with Crippen molar-refractivity contribution in [1.29, 1.82) is 0 Å². The number of aromatic nitrogens is 4. The molecule has 0 bridgehead atoms. The number of pyridine rings is 2. The van der Waals surface area contributed by atoms with Crippen molar-refractivity contribution < 1.29 is 9.53 Å². The van der Waals surface area contributed by atoms with E-state index in [1.54, 1.807) is 17.1 Å². The highest BCUT2D eigenvalue weighted by Gasteiger charge is 2.30. The van der Waals surface area contributed by atoms with Gasteiger partial charge in [-0.15, -0.1) is 0 Å². The van der Waals surface area contributed by atoms with E-state index in [1.165, 1.54) is 5.56 Å². The molecule has 7 nitrogen and oxygen atoms in total. The van der Waals surface area contributed by atoms with Crippen LogP contribution in [0.5, 0.6) is 0 Å².